The van der Waals surface area contributed by atoms with E-state index in [1.807, 2.05) is 36.4 Å². The molecule has 3 amide bonds. The summed E-state index contributed by atoms with van der Waals surface area (Å²) in [5.74, 6) is 0.113. The number of hydrogen-bond donors (Lipinski definition) is 2. The molecule has 1 aromatic carbocycles. The molecular weight excluding hydrogens is 644 g/mol. The standard InChI is InChI=1S/C37H48N4O7S/c1-4-24-18-23(2)10-5-6-11-25-21-37(25,35(44)40-49(45,46)36(3)15-16-36)39-33(43)30-20-26(22-41(30)31(42)19-24)48-34-28-13-8-7-12-27(28)32-29(38-34)14-9-17-47-32/h6-8,11-13,23-26,30H,4-5,9-10,14-22H2,1-3H3,(H,39,43)(H,40,44)/b11-6-/t23-,24+,25+,26+,30-,37+/m0/s1. The highest BCUT2D eigenvalue weighted by Crippen LogP contribution is 2.48. The molecule has 11 nitrogen and oxygen atoms in total. The minimum absolute atomic E-state index is 0.120. The van der Waals surface area contributed by atoms with E-state index in [0.717, 1.165) is 60.7 Å². The smallest absolute Gasteiger partial charge is 0.259 e. The van der Waals surface area contributed by atoms with Crippen LogP contribution in [0.2, 0.25) is 0 Å². The maximum atomic E-state index is 14.3. The third kappa shape index (κ3) is 6.53. The summed E-state index contributed by atoms with van der Waals surface area (Å²) >= 11 is 0. The first kappa shape index (κ1) is 33.8. The van der Waals surface area contributed by atoms with Crippen molar-refractivity contribution in [3.8, 4) is 11.6 Å². The van der Waals surface area contributed by atoms with Crippen LogP contribution < -0.4 is 19.5 Å². The van der Waals surface area contributed by atoms with Gasteiger partial charge in [-0.25, -0.2) is 13.4 Å². The molecule has 1 saturated heterocycles. The number of hydrogen-bond acceptors (Lipinski definition) is 8. The number of pyridine rings is 1. The van der Waals surface area contributed by atoms with Crippen LogP contribution >= 0.6 is 0 Å². The number of aromatic nitrogens is 1. The van der Waals surface area contributed by atoms with Crippen molar-refractivity contribution in [1.82, 2.24) is 19.9 Å². The fourth-order valence-electron chi connectivity index (χ4n) is 7.81. The molecule has 264 valence electrons. The first-order valence-corrected chi connectivity index (χ1v) is 19.5. The van der Waals surface area contributed by atoms with Crippen molar-refractivity contribution in [2.75, 3.05) is 13.2 Å². The van der Waals surface area contributed by atoms with Crippen LogP contribution in [0, 0.1) is 17.8 Å². The van der Waals surface area contributed by atoms with Gasteiger partial charge in [0.1, 0.15) is 23.4 Å². The van der Waals surface area contributed by atoms with Crippen LogP contribution in [-0.2, 0) is 30.8 Å². The van der Waals surface area contributed by atoms with Crippen molar-refractivity contribution in [3.05, 3.63) is 42.1 Å². The lowest BCUT2D eigenvalue weighted by Crippen LogP contribution is -2.57. The monoisotopic (exact) mass is 692 g/mol. The average Bonchev–Trinajstić information content (AvgIpc) is 3.96. The van der Waals surface area contributed by atoms with Crippen molar-refractivity contribution in [3.63, 3.8) is 0 Å². The number of amides is 3. The fourth-order valence-corrected chi connectivity index (χ4v) is 9.12. The van der Waals surface area contributed by atoms with E-state index >= 15 is 0 Å². The lowest BCUT2D eigenvalue weighted by atomic mass is 9.88. The molecule has 1 aromatic heterocycles. The molecular formula is C37H48N4O7S. The van der Waals surface area contributed by atoms with Crippen LogP contribution in [0.4, 0.5) is 0 Å². The number of carbonyl (C=O) groups excluding carboxylic acids is 3. The van der Waals surface area contributed by atoms with Gasteiger partial charge < -0.3 is 19.7 Å². The van der Waals surface area contributed by atoms with Crippen LogP contribution in [0.25, 0.3) is 10.8 Å². The third-order valence-electron chi connectivity index (χ3n) is 11.4. The van der Waals surface area contributed by atoms with Gasteiger partial charge in [-0.2, -0.15) is 0 Å². The molecule has 2 aliphatic carbocycles. The van der Waals surface area contributed by atoms with Gasteiger partial charge in [0.2, 0.25) is 27.7 Å². The quantitative estimate of drug-likeness (QED) is 0.419. The average molecular weight is 693 g/mol. The zero-order valence-electron chi connectivity index (χ0n) is 28.7. The van der Waals surface area contributed by atoms with Gasteiger partial charge in [0.05, 0.1) is 23.6 Å². The minimum Gasteiger partial charge on any atom is -0.491 e. The fraction of sp³-hybridized carbons (Fsp3) is 0.622. The molecule has 0 bridgehead atoms. The maximum Gasteiger partial charge on any atom is 0.259 e. The largest absolute Gasteiger partial charge is 0.491 e. The molecule has 12 heteroatoms. The molecule has 7 rings (SSSR count). The zero-order chi connectivity index (χ0) is 34.6. The van der Waals surface area contributed by atoms with Gasteiger partial charge in [0.25, 0.3) is 5.91 Å². The number of carbonyl (C=O) groups is 3. The molecule has 0 unspecified atom stereocenters. The first-order chi connectivity index (χ1) is 23.4. The number of sulfonamides is 1. The van der Waals surface area contributed by atoms with Gasteiger partial charge in [-0.1, -0.05) is 50.6 Å². The van der Waals surface area contributed by atoms with Crippen molar-refractivity contribution < 1.29 is 32.3 Å². The van der Waals surface area contributed by atoms with Crippen molar-refractivity contribution in [2.24, 2.45) is 17.8 Å². The van der Waals surface area contributed by atoms with Crippen LogP contribution in [0.1, 0.15) is 90.7 Å². The van der Waals surface area contributed by atoms with Crippen LogP contribution in [0.15, 0.2) is 36.4 Å². The van der Waals surface area contributed by atoms with Gasteiger partial charge in [0, 0.05) is 29.5 Å². The summed E-state index contributed by atoms with van der Waals surface area (Å²) in [6.45, 7) is 6.75. The molecule has 2 saturated carbocycles. The number of fused-ring (bicyclic) bond motifs is 5. The number of rotatable bonds is 6. The van der Waals surface area contributed by atoms with E-state index in [4.69, 9.17) is 14.5 Å². The molecule has 49 heavy (non-hydrogen) atoms. The van der Waals surface area contributed by atoms with E-state index in [-0.39, 0.29) is 37.1 Å². The van der Waals surface area contributed by atoms with Crippen molar-refractivity contribution >= 4 is 38.5 Å². The summed E-state index contributed by atoms with van der Waals surface area (Å²) < 4.78 is 40.1. The molecule has 0 radical (unpaired) electrons. The number of allylic oxidation sites excluding steroid dienone is 1. The SMILES string of the molecule is CC[C@H]1CC(=O)N2C[C@H](Oc3nc4c(c5ccccc35)OCCC4)C[C@H]2C(=O)N[C@]2(C(=O)NS(=O)(=O)C3(C)CC3)C[C@H]2/C=C\CC[C@H](C)C1. The van der Waals surface area contributed by atoms with Crippen molar-refractivity contribution in [2.45, 2.75) is 114 Å². The lowest BCUT2D eigenvalue weighted by Gasteiger charge is -2.28. The Balaban J connectivity index is 1.19. The topological polar surface area (TPSA) is 144 Å². The highest BCUT2D eigenvalue weighted by molar-refractivity contribution is 7.91. The van der Waals surface area contributed by atoms with Gasteiger partial charge in [-0.3, -0.25) is 19.1 Å². The third-order valence-corrected chi connectivity index (χ3v) is 13.6. The number of nitrogens with one attached hydrogen (secondary N) is 2. The summed E-state index contributed by atoms with van der Waals surface area (Å²) in [4.78, 5) is 48.5. The van der Waals surface area contributed by atoms with Crippen molar-refractivity contribution in [1.29, 1.82) is 0 Å². The Hall–Kier alpha value is -3.67. The van der Waals surface area contributed by atoms with Gasteiger partial charge in [-0.05, 0) is 76.2 Å². The maximum absolute atomic E-state index is 14.3. The van der Waals surface area contributed by atoms with Crippen LogP contribution in [0.5, 0.6) is 11.6 Å². The van der Waals surface area contributed by atoms with E-state index in [2.05, 4.69) is 23.9 Å². The molecule has 0 spiro atoms. The molecule has 2 N–H and O–H groups in total. The zero-order valence-corrected chi connectivity index (χ0v) is 29.5. The Morgan fingerprint density at radius 3 is 2.71 bits per heavy atom. The normalized spacial score (nSPS) is 31.9. The number of ether oxygens (including phenoxy) is 2. The van der Waals surface area contributed by atoms with E-state index in [0.29, 0.717) is 37.7 Å². The summed E-state index contributed by atoms with van der Waals surface area (Å²) in [5.41, 5.74) is -0.578. The molecule has 2 aromatic rings. The van der Waals surface area contributed by atoms with Crippen LogP contribution in [-0.4, -0.2) is 71.6 Å². The molecule has 6 atom stereocenters. The number of aryl methyl sites for hydroxylation is 1. The summed E-state index contributed by atoms with van der Waals surface area (Å²) in [6, 6.07) is 6.91. The van der Waals surface area contributed by atoms with E-state index in [1.54, 1.807) is 11.8 Å². The van der Waals surface area contributed by atoms with Gasteiger partial charge in [0.15, 0.2) is 0 Å². The molecule has 5 aliphatic rings. The predicted molar refractivity (Wildman–Crippen MR) is 184 cm³/mol. The Bertz CT molecular complexity index is 1790. The molecule has 4 heterocycles. The van der Waals surface area contributed by atoms with Gasteiger partial charge >= 0.3 is 0 Å². The summed E-state index contributed by atoms with van der Waals surface area (Å²) in [6.07, 6.45) is 10.3. The van der Waals surface area contributed by atoms with E-state index in [1.165, 1.54) is 0 Å². The first-order valence-electron chi connectivity index (χ1n) is 18.0. The van der Waals surface area contributed by atoms with Gasteiger partial charge in [-0.15, -0.1) is 0 Å². The lowest BCUT2D eigenvalue weighted by molar-refractivity contribution is -0.140. The highest BCUT2D eigenvalue weighted by atomic mass is 32.2. The minimum atomic E-state index is -3.92. The molecule has 3 fully saturated rings. The number of nitrogens with zero attached hydrogens (tertiary/aromatic N) is 2. The second kappa shape index (κ2) is 12.9. The Morgan fingerprint density at radius 2 is 1.96 bits per heavy atom. The Kier molecular flexibility index (Phi) is 8.90. The highest BCUT2D eigenvalue weighted by Gasteiger charge is 2.63. The van der Waals surface area contributed by atoms with Crippen LogP contribution in [0.3, 0.4) is 0 Å². The summed E-state index contributed by atoms with van der Waals surface area (Å²) in [7, 11) is -3.92. The second-order valence-electron chi connectivity index (χ2n) is 15.2. The van der Waals surface area contributed by atoms with E-state index in [9.17, 15) is 22.8 Å². The second-order valence-corrected chi connectivity index (χ2v) is 17.4. The number of benzene rings is 1. The predicted octanol–water partition coefficient (Wildman–Crippen LogP) is 4.57. The Morgan fingerprint density at radius 1 is 1.18 bits per heavy atom. The Labute approximate surface area is 288 Å². The summed E-state index contributed by atoms with van der Waals surface area (Å²) in [5, 5.41) is 4.68. The molecule has 3 aliphatic heterocycles. The van der Waals surface area contributed by atoms with E-state index < -0.39 is 44.3 Å².